The third-order valence-electron chi connectivity index (χ3n) is 3.93. The molecule has 1 aromatic carbocycles. The number of benzene rings is 1. The summed E-state index contributed by atoms with van der Waals surface area (Å²) in [6.07, 6.45) is 4.24. The minimum atomic E-state index is -3.74. The Bertz CT molecular complexity index is 1130. The molecule has 8 nitrogen and oxygen atoms in total. The number of thioether (sulfide) groups is 1. The Kier molecular flexibility index (Phi) is 5.78. The van der Waals surface area contributed by atoms with Gasteiger partial charge in [-0.15, -0.1) is 0 Å². The standard InChI is InChI=1S/C17H19N5O3S2/c1-26-17-20-11-12-6-7-15(23)22(16(12)21-17)9-3-8-19-13-4-2-5-14(10-13)27(18,24)25/h2,4-7,10-11,19H,3,8-9H2,1H3,(H2,18,24,25). The van der Waals surface area contributed by atoms with Gasteiger partial charge in [0.2, 0.25) is 10.0 Å². The highest BCUT2D eigenvalue weighted by atomic mass is 32.2. The van der Waals surface area contributed by atoms with E-state index >= 15 is 0 Å². The molecule has 0 saturated carbocycles. The second-order valence-corrected chi connectivity index (χ2v) is 8.15. The molecule has 0 aliphatic heterocycles. The molecule has 2 aromatic heterocycles. The van der Waals surface area contributed by atoms with Crippen LogP contribution in [0.4, 0.5) is 5.69 Å². The van der Waals surface area contributed by atoms with Crippen LogP contribution < -0.4 is 16.0 Å². The van der Waals surface area contributed by atoms with Gasteiger partial charge in [0.25, 0.3) is 5.56 Å². The first-order chi connectivity index (χ1) is 12.9. The van der Waals surface area contributed by atoms with Crippen molar-refractivity contribution < 1.29 is 8.42 Å². The van der Waals surface area contributed by atoms with Gasteiger partial charge in [-0.25, -0.2) is 23.5 Å². The van der Waals surface area contributed by atoms with Gasteiger partial charge >= 0.3 is 0 Å². The maximum Gasteiger partial charge on any atom is 0.252 e. The first-order valence-electron chi connectivity index (χ1n) is 8.16. The molecule has 0 fully saturated rings. The van der Waals surface area contributed by atoms with Gasteiger partial charge in [-0.3, -0.25) is 9.36 Å². The zero-order chi connectivity index (χ0) is 19.4. The highest BCUT2D eigenvalue weighted by molar-refractivity contribution is 7.98. The lowest BCUT2D eigenvalue weighted by Crippen LogP contribution is -2.21. The molecular formula is C17H19N5O3S2. The number of aromatic nitrogens is 3. The number of fused-ring (bicyclic) bond motifs is 1. The van der Waals surface area contributed by atoms with E-state index in [1.807, 2.05) is 6.26 Å². The molecule has 0 atom stereocenters. The van der Waals surface area contributed by atoms with Crippen molar-refractivity contribution in [3.8, 4) is 0 Å². The SMILES string of the molecule is CSc1ncc2ccc(=O)n(CCCNc3cccc(S(N)(=O)=O)c3)c2n1. The summed E-state index contributed by atoms with van der Waals surface area (Å²) < 4.78 is 24.4. The number of sulfonamides is 1. The normalized spacial score (nSPS) is 11.6. The van der Waals surface area contributed by atoms with E-state index in [9.17, 15) is 13.2 Å². The fraction of sp³-hybridized carbons (Fsp3) is 0.235. The van der Waals surface area contributed by atoms with Gasteiger partial charge in [0.1, 0.15) is 5.65 Å². The van der Waals surface area contributed by atoms with E-state index in [4.69, 9.17) is 5.14 Å². The lowest BCUT2D eigenvalue weighted by atomic mass is 10.3. The lowest BCUT2D eigenvalue weighted by Gasteiger charge is -2.11. The highest BCUT2D eigenvalue weighted by Crippen LogP contribution is 2.15. The molecule has 0 saturated heterocycles. The Morgan fingerprint density at radius 1 is 1.26 bits per heavy atom. The molecule has 0 aliphatic rings. The molecule has 0 unspecified atom stereocenters. The molecule has 2 heterocycles. The molecule has 0 spiro atoms. The summed E-state index contributed by atoms with van der Waals surface area (Å²) in [5, 5.41) is 9.71. The summed E-state index contributed by atoms with van der Waals surface area (Å²) in [7, 11) is -3.74. The fourth-order valence-electron chi connectivity index (χ4n) is 2.62. The van der Waals surface area contributed by atoms with Crippen LogP contribution in [0.5, 0.6) is 0 Å². The Balaban J connectivity index is 1.71. The Morgan fingerprint density at radius 2 is 2.07 bits per heavy atom. The van der Waals surface area contributed by atoms with Crippen LogP contribution in [0.3, 0.4) is 0 Å². The maximum absolute atomic E-state index is 12.2. The zero-order valence-electron chi connectivity index (χ0n) is 14.6. The summed E-state index contributed by atoms with van der Waals surface area (Å²) in [6.45, 7) is 1.03. The predicted molar refractivity (Wildman–Crippen MR) is 107 cm³/mol. The summed E-state index contributed by atoms with van der Waals surface area (Å²) in [4.78, 5) is 21.0. The third kappa shape index (κ3) is 4.65. The molecule has 3 N–H and O–H groups in total. The number of nitrogens with zero attached hydrogens (tertiary/aromatic N) is 3. The summed E-state index contributed by atoms with van der Waals surface area (Å²) >= 11 is 1.42. The van der Waals surface area contributed by atoms with Crippen molar-refractivity contribution in [2.75, 3.05) is 18.1 Å². The van der Waals surface area contributed by atoms with Gasteiger partial charge in [-0.2, -0.15) is 0 Å². The van der Waals surface area contributed by atoms with Gasteiger partial charge in [0.05, 0.1) is 4.90 Å². The minimum Gasteiger partial charge on any atom is -0.385 e. The molecule has 0 bridgehead atoms. The van der Waals surface area contributed by atoms with Crippen LogP contribution in [0.25, 0.3) is 11.0 Å². The van der Waals surface area contributed by atoms with Crippen molar-refractivity contribution in [2.45, 2.75) is 23.0 Å². The van der Waals surface area contributed by atoms with E-state index < -0.39 is 10.0 Å². The van der Waals surface area contributed by atoms with Crippen LogP contribution in [0.1, 0.15) is 6.42 Å². The van der Waals surface area contributed by atoms with E-state index in [1.54, 1.807) is 29.0 Å². The van der Waals surface area contributed by atoms with Crippen molar-refractivity contribution in [3.63, 3.8) is 0 Å². The first-order valence-corrected chi connectivity index (χ1v) is 10.9. The van der Waals surface area contributed by atoms with Gasteiger partial charge < -0.3 is 5.32 Å². The van der Waals surface area contributed by atoms with Crippen LogP contribution >= 0.6 is 11.8 Å². The number of nitrogens with one attached hydrogen (secondary N) is 1. The van der Waals surface area contributed by atoms with Crippen LogP contribution in [0.15, 0.2) is 57.4 Å². The number of rotatable bonds is 7. The predicted octanol–water partition coefficient (Wildman–Crippen LogP) is 1.66. The number of hydrogen-bond acceptors (Lipinski definition) is 7. The number of nitrogens with two attached hydrogens (primary N) is 1. The average molecular weight is 406 g/mol. The van der Waals surface area contributed by atoms with Gasteiger partial charge in [-0.05, 0) is 36.9 Å². The van der Waals surface area contributed by atoms with Crippen LogP contribution in [0, 0.1) is 0 Å². The van der Waals surface area contributed by atoms with Crippen molar-refractivity contribution in [3.05, 3.63) is 52.9 Å². The van der Waals surface area contributed by atoms with Crippen molar-refractivity contribution in [2.24, 2.45) is 5.14 Å². The fourth-order valence-corrected chi connectivity index (χ4v) is 3.52. The average Bonchev–Trinajstić information content (AvgIpc) is 2.65. The smallest absolute Gasteiger partial charge is 0.252 e. The lowest BCUT2D eigenvalue weighted by molar-refractivity contribution is 0.598. The largest absolute Gasteiger partial charge is 0.385 e. The number of hydrogen-bond donors (Lipinski definition) is 2. The van der Waals surface area contributed by atoms with Crippen molar-refractivity contribution >= 4 is 38.5 Å². The van der Waals surface area contributed by atoms with E-state index in [0.717, 1.165) is 5.39 Å². The van der Waals surface area contributed by atoms with Crippen molar-refractivity contribution in [1.82, 2.24) is 14.5 Å². The van der Waals surface area contributed by atoms with E-state index in [2.05, 4.69) is 15.3 Å². The van der Waals surface area contributed by atoms with E-state index in [1.165, 1.54) is 30.0 Å². The van der Waals surface area contributed by atoms with Crippen LogP contribution in [-0.4, -0.2) is 35.8 Å². The monoisotopic (exact) mass is 405 g/mol. The quantitative estimate of drug-likeness (QED) is 0.348. The third-order valence-corrected chi connectivity index (χ3v) is 5.41. The maximum atomic E-state index is 12.2. The second-order valence-electron chi connectivity index (χ2n) is 5.81. The van der Waals surface area contributed by atoms with Gasteiger partial charge in [-0.1, -0.05) is 17.8 Å². The Hall–Kier alpha value is -2.43. The number of pyridine rings is 1. The second kappa shape index (κ2) is 8.07. The summed E-state index contributed by atoms with van der Waals surface area (Å²) in [6, 6.07) is 9.54. The summed E-state index contributed by atoms with van der Waals surface area (Å²) in [5.74, 6) is 0. The number of anilines is 1. The number of primary sulfonamides is 1. The van der Waals surface area contributed by atoms with E-state index in [0.29, 0.717) is 36.0 Å². The summed E-state index contributed by atoms with van der Waals surface area (Å²) in [5.41, 5.74) is 1.14. The minimum absolute atomic E-state index is 0.0547. The van der Waals surface area contributed by atoms with E-state index in [-0.39, 0.29) is 10.5 Å². The first kappa shape index (κ1) is 19.3. The molecule has 27 heavy (non-hydrogen) atoms. The molecule has 10 heteroatoms. The molecule has 0 amide bonds. The highest BCUT2D eigenvalue weighted by Gasteiger charge is 2.08. The zero-order valence-corrected chi connectivity index (χ0v) is 16.3. The molecular weight excluding hydrogens is 386 g/mol. The van der Waals surface area contributed by atoms with Crippen LogP contribution in [-0.2, 0) is 16.6 Å². The van der Waals surface area contributed by atoms with Gasteiger partial charge in [0, 0.05) is 36.4 Å². The Morgan fingerprint density at radius 3 is 2.81 bits per heavy atom. The van der Waals surface area contributed by atoms with Crippen molar-refractivity contribution in [1.29, 1.82) is 0 Å². The molecule has 0 aliphatic carbocycles. The molecule has 3 rings (SSSR count). The van der Waals surface area contributed by atoms with Crippen LogP contribution in [0.2, 0.25) is 0 Å². The molecule has 3 aromatic rings. The topological polar surface area (TPSA) is 120 Å². The van der Waals surface area contributed by atoms with Gasteiger partial charge in [0.15, 0.2) is 5.16 Å². The molecule has 142 valence electrons. The molecule has 0 radical (unpaired) electrons. The number of aryl methyl sites for hydroxylation is 1. The Labute approximate surface area is 160 Å².